The molecule has 0 fully saturated rings. The fraction of sp³-hybridized carbons (Fsp3) is 0.167. The average molecular weight is 288 g/mol. The summed E-state index contributed by atoms with van der Waals surface area (Å²) in [5, 5.41) is 0. The van der Waals surface area contributed by atoms with Crippen LogP contribution in [0.15, 0.2) is 6.20 Å². The van der Waals surface area contributed by atoms with Gasteiger partial charge in [0.25, 0.3) is 6.43 Å². The van der Waals surface area contributed by atoms with Gasteiger partial charge in [-0.2, -0.15) is 4.39 Å². The second-order valence-corrected chi connectivity index (χ2v) is 3.11. The molecule has 1 aromatic rings. The number of aromatic nitrogens is 1. The number of rotatable bonds is 1. The van der Waals surface area contributed by atoms with Gasteiger partial charge in [0.05, 0.1) is 21.0 Å². The molecule has 1 rings (SSSR count). The van der Waals surface area contributed by atoms with Gasteiger partial charge in [0, 0.05) is 0 Å². The Kier molecular flexibility index (Phi) is 2.76. The van der Waals surface area contributed by atoms with Gasteiger partial charge in [0.1, 0.15) is 0 Å². The topological polar surface area (TPSA) is 38.9 Å². The van der Waals surface area contributed by atoms with Crippen LogP contribution in [-0.2, 0) is 0 Å². The van der Waals surface area contributed by atoms with E-state index in [2.05, 4.69) is 4.98 Å². The van der Waals surface area contributed by atoms with E-state index in [-0.39, 0.29) is 9.26 Å². The van der Waals surface area contributed by atoms with E-state index in [4.69, 9.17) is 5.73 Å². The molecule has 0 aromatic carbocycles. The zero-order valence-electron chi connectivity index (χ0n) is 5.69. The first-order valence-corrected chi connectivity index (χ1v) is 3.99. The Labute approximate surface area is 80.1 Å². The van der Waals surface area contributed by atoms with Gasteiger partial charge in [-0.15, -0.1) is 0 Å². The predicted molar refractivity (Wildman–Crippen MR) is 46.3 cm³/mol. The lowest BCUT2D eigenvalue weighted by molar-refractivity contribution is 0.150. The lowest BCUT2D eigenvalue weighted by Crippen LogP contribution is -2.02. The Balaban J connectivity index is 3.33. The van der Waals surface area contributed by atoms with Crippen molar-refractivity contribution in [2.75, 3.05) is 5.73 Å². The summed E-state index contributed by atoms with van der Waals surface area (Å²) in [7, 11) is 0. The van der Waals surface area contributed by atoms with Gasteiger partial charge in [0.2, 0.25) is 5.95 Å². The van der Waals surface area contributed by atoms with E-state index in [0.29, 0.717) is 0 Å². The van der Waals surface area contributed by atoms with E-state index >= 15 is 0 Å². The third kappa shape index (κ3) is 1.62. The summed E-state index contributed by atoms with van der Waals surface area (Å²) < 4.78 is 36.8. The fourth-order valence-electron chi connectivity index (χ4n) is 0.712. The smallest absolute Gasteiger partial charge is 0.267 e. The molecule has 0 unspecified atom stereocenters. The van der Waals surface area contributed by atoms with Crippen molar-refractivity contribution in [3.63, 3.8) is 0 Å². The molecule has 12 heavy (non-hydrogen) atoms. The first-order valence-electron chi connectivity index (χ1n) is 2.91. The van der Waals surface area contributed by atoms with Crippen LogP contribution in [0.3, 0.4) is 0 Å². The highest BCUT2D eigenvalue weighted by atomic mass is 127. The number of nitrogen functional groups attached to an aromatic ring is 1. The minimum absolute atomic E-state index is 0.184. The van der Waals surface area contributed by atoms with Crippen molar-refractivity contribution >= 4 is 28.3 Å². The second-order valence-electron chi connectivity index (χ2n) is 2.03. The summed E-state index contributed by atoms with van der Waals surface area (Å²) in [5.74, 6) is -0.917. The SMILES string of the molecule is Nc1cnc(F)c(I)c1C(F)F. The number of alkyl halides is 2. The molecule has 0 saturated heterocycles. The molecule has 0 atom stereocenters. The highest BCUT2D eigenvalue weighted by molar-refractivity contribution is 14.1. The number of hydrogen-bond acceptors (Lipinski definition) is 2. The zero-order valence-corrected chi connectivity index (χ0v) is 7.85. The van der Waals surface area contributed by atoms with Crippen LogP contribution in [0.25, 0.3) is 0 Å². The number of pyridine rings is 1. The number of anilines is 1. The minimum atomic E-state index is -2.77. The Morgan fingerprint density at radius 2 is 2.08 bits per heavy atom. The predicted octanol–water partition coefficient (Wildman–Crippen LogP) is 2.35. The van der Waals surface area contributed by atoms with Crippen LogP contribution < -0.4 is 5.73 Å². The Morgan fingerprint density at radius 3 is 2.50 bits per heavy atom. The first-order chi connectivity index (χ1) is 5.54. The Bertz CT molecular complexity index is 303. The van der Waals surface area contributed by atoms with Crippen molar-refractivity contribution in [3.05, 3.63) is 21.3 Å². The molecule has 66 valence electrons. The van der Waals surface area contributed by atoms with Gasteiger partial charge in [-0.05, 0) is 22.6 Å². The molecule has 1 aromatic heterocycles. The minimum Gasteiger partial charge on any atom is -0.397 e. The lowest BCUT2D eigenvalue weighted by Gasteiger charge is -2.06. The highest BCUT2D eigenvalue weighted by Gasteiger charge is 2.18. The third-order valence-electron chi connectivity index (χ3n) is 1.26. The third-order valence-corrected chi connectivity index (χ3v) is 2.29. The molecule has 2 N–H and O–H groups in total. The van der Waals surface area contributed by atoms with Crippen LogP contribution in [-0.4, -0.2) is 4.98 Å². The number of nitrogens with two attached hydrogens (primary N) is 1. The molecule has 0 aliphatic carbocycles. The maximum Gasteiger partial charge on any atom is 0.267 e. The van der Waals surface area contributed by atoms with Crippen LogP contribution in [0.2, 0.25) is 0 Å². The quantitative estimate of drug-likeness (QED) is 0.636. The van der Waals surface area contributed by atoms with Crippen LogP contribution >= 0.6 is 22.6 Å². The van der Waals surface area contributed by atoms with E-state index in [1.807, 2.05) is 0 Å². The zero-order chi connectivity index (χ0) is 9.30. The molecule has 0 aliphatic heterocycles. The van der Waals surface area contributed by atoms with Gasteiger partial charge in [-0.3, -0.25) is 0 Å². The average Bonchev–Trinajstić information content (AvgIpc) is 1.97. The van der Waals surface area contributed by atoms with Gasteiger partial charge < -0.3 is 5.73 Å². The van der Waals surface area contributed by atoms with Crippen molar-refractivity contribution in [1.82, 2.24) is 4.98 Å². The van der Waals surface area contributed by atoms with Crippen molar-refractivity contribution in [3.8, 4) is 0 Å². The first kappa shape index (κ1) is 9.56. The second kappa shape index (κ2) is 3.46. The molecule has 6 heteroatoms. The molecule has 2 nitrogen and oxygen atoms in total. The van der Waals surface area contributed by atoms with E-state index in [9.17, 15) is 13.2 Å². The molecular weight excluding hydrogens is 284 g/mol. The number of halogens is 4. The van der Waals surface area contributed by atoms with Crippen LogP contribution in [0.4, 0.5) is 18.9 Å². The standard InChI is InChI=1S/C6H4F3IN2/c7-5(8)3-2(11)1-12-6(9)4(3)10/h1,5H,11H2. The molecule has 1 heterocycles. The van der Waals surface area contributed by atoms with Crippen molar-refractivity contribution in [2.45, 2.75) is 6.43 Å². The highest BCUT2D eigenvalue weighted by Crippen LogP contribution is 2.29. The largest absolute Gasteiger partial charge is 0.397 e. The van der Waals surface area contributed by atoms with Crippen LogP contribution in [0, 0.1) is 9.52 Å². The lowest BCUT2D eigenvalue weighted by atomic mass is 10.2. The van der Waals surface area contributed by atoms with Gasteiger partial charge in [0.15, 0.2) is 0 Å². The normalized spacial score (nSPS) is 10.8. The summed E-state index contributed by atoms with van der Waals surface area (Å²) in [4.78, 5) is 3.19. The monoisotopic (exact) mass is 288 g/mol. The van der Waals surface area contributed by atoms with E-state index in [1.54, 1.807) is 0 Å². The summed E-state index contributed by atoms with van der Waals surface area (Å²) in [6.45, 7) is 0. The molecule has 0 radical (unpaired) electrons. The van der Waals surface area contributed by atoms with Gasteiger partial charge in [-0.25, -0.2) is 13.8 Å². The Hall–Kier alpha value is -0.530. The van der Waals surface area contributed by atoms with Crippen molar-refractivity contribution in [1.29, 1.82) is 0 Å². The van der Waals surface area contributed by atoms with E-state index in [0.717, 1.165) is 6.20 Å². The molecule has 0 bridgehead atoms. The molecule has 0 saturated carbocycles. The van der Waals surface area contributed by atoms with E-state index in [1.165, 1.54) is 22.6 Å². The summed E-state index contributed by atoms with van der Waals surface area (Å²) in [6, 6.07) is 0. The summed E-state index contributed by atoms with van der Waals surface area (Å²) in [5.41, 5.74) is 4.51. The fourth-order valence-corrected chi connectivity index (χ4v) is 1.40. The van der Waals surface area contributed by atoms with Crippen molar-refractivity contribution < 1.29 is 13.2 Å². The number of nitrogens with zero attached hydrogens (tertiary/aromatic N) is 1. The van der Waals surface area contributed by atoms with Crippen molar-refractivity contribution in [2.24, 2.45) is 0 Å². The maximum absolute atomic E-state index is 12.6. The molecular formula is C6H4F3IN2. The van der Waals surface area contributed by atoms with Gasteiger partial charge >= 0.3 is 0 Å². The van der Waals surface area contributed by atoms with Gasteiger partial charge in [-0.1, -0.05) is 0 Å². The van der Waals surface area contributed by atoms with E-state index < -0.39 is 17.9 Å². The molecule has 0 spiro atoms. The molecule has 0 amide bonds. The number of hydrogen-bond donors (Lipinski definition) is 1. The van der Waals surface area contributed by atoms with Crippen LogP contribution in [0.1, 0.15) is 12.0 Å². The summed E-state index contributed by atoms with van der Waals surface area (Å²) >= 11 is 1.45. The Morgan fingerprint density at radius 1 is 1.50 bits per heavy atom. The maximum atomic E-state index is 12.6. The summed E-state index contributed by atoms with van der Waals surface area (Å²) in [6.07, 6.45) is -1.88. The van der Waals surface area contributed by atoms with Crippen LogP contribution in [0.5, 0.6) is 0 Å². The molecule has 0 aliphatic rings.